The molecule has 1 aromatic heterocycles. The number of aromatic nitrogens is 1. The van der Waals surface area contributed by atoms with Crippen LogP contribution in [0.4, 0.5) is 0 Å². The number of hydrogen-bond acceptors (Lipinski definition) is 3. The zero-order chi connectivity index (χ0) is 17.4. The van der Waals surface area contributed by atoms with Gasteiger partial charge in [0.05, 0.1) is 0 Å². The maximum Gasteiger partial charge on any atom is 0.326 e. The third-order valence-corrected chi connectivity index (χ3v) is 4.70. The van der Waals surface area contributed by atoms with Gasteiger partial charge in [0.25, 0.3) is 0 Å². The van der Waals surface area contributed by atoms with E-state index in [0.717, 1.165) is 39.9 Å². The Hall–Kier alpha value is -2.50. The van der Waals surface area contributed by atoms with Gasteiger partial charge in [-0.1, -0.05) is 23.7 Å². The van der Waals surface area contributed by atoms with Crippen molar-refractivity contribution in [2.45, 2.75) is 19.1 Å². The molecule has 25 heavy (non-hydrogen) atoms. The molecular weight excluding hydrogens is 340 g/mol. The minimum atomic E-state index is -0.870. The summed E-state index contributed by atoms with van der Waals surface area (Å²) in [5.74, 6) is -0.121. The van der Waals surface area contributed by atoms with Gasteiger partial charge < -0.3 is 14.8 Å². The van der Waals surface area contributed by atoms with Gasteiger partial charge in [-0.3, -0.25) is 10.1 Å². The first-order valence-corrected chi connectivity index (χ1v) is 8.47. The summed E-state index contributed by atoms with van der Waals surface area (Å²) in [5, 5.41) is 14.1. The van der Waals surface area contributed by atoms with E-state index in [9.17, 15) is 9.90 Å². The zero-order valence-electron chi connectivity index (χ0n) is 13.4. The van der Waals surface area contributed by atoms with Crippen LogP contribution in [0, 0.1) is 0 Å². The lowest BCUT2D eigenvalue weighted by Crippen LogP contribution is -2.34. The van der Waals surface area contributed by atoms with Crippen molar-refractivity contribution in [3.63, 3.8) is 0 Å². The van der Waals surface area contributed by atoms with Crippen molar-refractivity contribution in [1.82, 2.24) is 10.3 Å². The second kappa shape index (κ2) is 6.43. The van der Waals surface area contributed by atoms with Crippen LogP contribution in [-0.4, -0.2) is 22.6 Å². The van der Waals surface area contributed by atoms with Gasteiger partial charge in [-0.15, -0.1) is 0 Å². The molecule has 0 amide bonds. The van der Waals surface area contributed by atoms with Gasteiger partial charge >= 0.3 is 5.97 Å². The molecule has 3 aromatic rings. The second-order valence-electron chi connectivity index (χ2n) is 6.12. The van der Waals surface area contributed by atoms with Gasteiger partial charge in [-0.25, -0.2) is 0 Å². The number of carboxylic acid groups (broad SMARTS) is 1. The fourth-order valence-electron chi connectivity index (χ4n) is 3.30. The molecule has 0 fully saturated rings. The standard InChI is InChI=1S/C19H17ClN2O3/c20-12-3-1-2-11(8-12)10-25-13-4-5-16-15(9-13)14-6-7-21-18(19(23)24)17(14)22-16/h1-5,8-9,18,21-22H,6-7,10H2,(H,23,24). The minimum Gasteiger partial charge on any atom is -0.489 e. The van der Waals surface area contributed by atoms with Crippen LogP contribution in [0.5, 0.6) is 5.75 Å². The first kappa shape index (κ1) is 16.0. The number of hydrogen-bond donors (Lipinski definition) is 3. The predicted molar refractivity (Wildman–Crippen MR) is 96.2 cm³/mol. The van der Waals surface area contributed by atoms with E-state index in [1.165, 1.54) is 0 Å². The molecule has 0 saturated heterocycles. The summed E-state index contributed by atoms with van der Waals surface area (Å²) in [4.78, 5) is 14.7. The molecule has 1 aliphatic heterocycles. The summed E-state index contributed by atoms with van der Waals surface area (Å²) in [6.45, 7) is 1.07. The summed E-state index contributed by atoms with van der Waals surface area (Å²) in [6, 6.07) is 12.7. The van der Waals surface area contributed by atoms with Gasteiger partial charge in [-0.2, -0.15) is 0 Å². The van der Waals surface area contributed by atoms with Crippen molar-refractivity contribution < 1.29 is 14.6 Å². The van der Waals surface area contributed by atoms with Gasteiger partial charge in [0, 0.05) is 28.2 Å². The van der Waals surface area contributed by atoms with Crippen molar-refractivity contribution in [3.05, 3.63) is 64.3 Å². The lowest BCUT2D eigenvalue weighted by Gasteiger charge is -2.20. The fraction of sp³-hybridized carbons (Fsp3) is 0.211. The Balaban J connectivity index is 1.63. The number of carbonyl (C=O) groups is 1. The van der Waals surface area contributed by atoms with Crippen LogP contribution < -0.4 is 10.1 Å². The minimum absolute atomic E-state index is 0.429. The van der Waals surface area contributed by atoms with E-state index in [0.29, 0.717) is 18.2 Å². The highest BCUT2D eigenvalue weighted by Gasteiger charge is 2.29. The van der Waals surface area contributed by atoms with Gasteiger partial charge in [-0.05, 0) is 47.9 Å². The highest BCUT2D eigenvalue weighted by molar-refractivity contribution is 6.30. The normalized spacial score (nSPS) is 16.6. The summed E-state index contributed by atoms with van der Waals surface area (Å²) in [6.07, 6.45) is 0.789. The van der Waals surface area contributed by atoms with Crippen LogP contribution >= 0.6 is 11.6 Å². The molecule has 0 radical (unpaired) electrons. The quantitative estimate of drug-likeness (QED) is 0.666. The number of aliphatic carboxylic acids is 1. The first-order valence-electron chi connectivity index (χ1n) is 8.10. The highest BCUT2D eigenvalue weighted by Crippen LogP contribution is 2.32. The molecule has 4 rings (SSSR count). The van der Waals surface area contributed by atoms with Crippen molar-refractivity contribution in [3.8, 4) is 5.75 Å². The van der Waals surface area contributed by atoms with E-state index < -0.39 is 12.0 Å². The third kappa shape index (κ3) is 3.08. The van der Waals surface area contributed by atoms with Gasteiger partial charge in [0.2, 0.25) is 0 Å². The SMILES string of the molecule is O=C(O)C1NCCc2c1[nH]c1ccc(OCc3cccc(Cl)c3)cc21. The van der Waals surface area contributed by atoms with Gasteiger partial charge in [0.15, 0.2) is 0 Å². The molecule has 3 N–H and O–H groups in total. The van der Waals surface area contributed by atoms with Crippen LogP contribution in [0.1, 0.15) is 22.9 Å². The summed E-state index contributed by atoms with van der Waals surface area (Å²) >= 11 is 6.00. The average molecular weight is 357 g/mol. The van der Waals surface area contributed by atoms with E-state index in [4.69, 9.17) is 16.3 Å². The summed E-state index contributed by atoms with van der Waals surface area (Å²) in [7, 11) is 0. The van der Waals surface area contributed by atoms with Crippen LogP contribution in [0.3, 0.4) is 0 Å². The molecule has 1 unspecified atom stereocenters. The molecule has 5 nitrogen and oxygen atoms in total. The summed E-state index contributed by atoms with van der Waals surface area (Å²) < 4.78 is 5.89. The molecule has 2 heterocycles. The lowest BCUT2D eigenvalue weighted by atomic mass is 9.99. The number of rotatable bonds is 4. The molecule has 0 saturated carbocycles. The van der Waals surface area contributed by atoms with Crippen LogP contribution in [0.25, 0.3) is 10.9 Å². The van der Waals surface area contributed by atoms with Crippen molar-refractivity contribution in [2.75, 3.05) is 6.54 Å². The van der Waals surface area contributed by atoms with E-state index in [-0.39, 0.29) is 0 Å². The Morgan fingerprint density at radius 3 is 2.96 bits per heavy atom. The molecule has 0 aliphatic carbocycles. The smallest absolute Gasteiger partial charge is 0.326 e. The number of aromatic amines is 1. The molecule has 0 spiro atoms. The average Bonchev–Trinajstić information content (AvgIpc) is 2.98. The number of halogens is 1. The number of H-pyrrole nitrogens is 1. The number of benzene rings is 2. The second-order valence-corrected chi connectivity index (χ2v) is 6.56. The maximum absolute atomic E-state index is 11.4. The summed E-state index contributed by atoms with van der Waals surface area (Å²) in [5.41, 5.74) is 3.71. The van der Waals surface area contributed by atoms with Crippen LogP contribution in [0.15, 0.2) is 42.5 Å². The third-order valence-electron chi connectivity index (χ3n) is 4.46. The number of nitrogens with one attached hydrogen (secondary N) is 2. The van der Waals surface area contributed by atoms with Crippen LogP contribution in [-0.2, 0) is 17.8 Å². The molecule has 128 valence electrons. The van der Waals surface area contributed by atoms with Crippen LogP contribution in [0.2, 0.25) is 5.02 Å². The topological polar surface area (TPSA) is 74.4 Å². The Morgan fingerprint density at radius 2 is 2.16 bits per heavy atom. The predicted octanol–water partition coefficient (Wildman–Crippen LogP) is 3.67. The highest BCUT2D eigenvalue weighted by atomic mass is 35.5. The molecule has 1 aliphatic rings. The van der Waals surface area contributed by atoms with E-state index in [1.54, 1.807) is 0 Å². The molecule has 0 bridgehead atoms. The first-order chi connectivity index (χ1) is 12.1. The van der Waals surface area contributed by atoms with E-state index in [1.807, 2.05) is 42.5 Å². The van der Waals surface area contributed by atoms with E-state index >= 15 is 0 Å². The monoisotopic (exact) mass is 356 g/mol. The Labute approximate surface area is 149 Å². The molecule has 2 aromatic carbocycles. The maximum atomic E-state index is 11.4. The van der Waals surface area contributed by atoms with Crippen molar-refractivity contribution >= 4 is 28.5 Å². The largest absolute Gasteiger partial charge is 0.489 e. The fourth-order valence-corrected chi connectivity index (χ4v) is 3.51. The Morgan fingerprint density at radius 1 is 1.28 bits per heavy atom. The van der Waals surface area contributed by atoms with Crippen molar-refractivity contribution in [2.24, 2.45) is 0 Å². The number of fused-ring (bicyclic) bond motifs is 3. The Bertz CT molecular complexity index is 951. The van der Waals surface area contributed by atoms with Crippen molar-refractivity contribution in [1.29, 1.82) is 0 Å². The zero-order valence-corrected chi connectivity index (χ0v) is 14.1. The lowest BCUT2D eigenvalue weighted by molar-refractivity contribution is -0.139. The Kier molecular flexibility index (Phi) is 4.11. The van der Waals surface area contributed by atoms with Gasteiger partial charge in [0.1, 0.15) is 18.4 Å². The molecule has 6 heteroatoms. The number of carboxylic acids is 1. The number of ether oxygens (including phenoxy) is 1. The molecule has 1 atom stereocenters. The molecular formula is C19H17ClN2O3. The van der Waals surface area contributed by atoms with E-state index in [2.05, 4.69) is 10.3 Å².